The van der Waals surface area contributed by atoms with Gasteiger partial charge in [0.2, 0.25) is 0 Å². The number of hydrogen-bond acceptors (Lipinski definition) is 3. The average molecular weight is 182 g/mol. The second kappa shape index (κ2) is 4.77. The standard InChI is InChI=1S/C9H14N2O2/c1-8-9(13)11(6-4-10-8)5-2-3-7-12/h4,6,12H,2-3,5,7H2,1H3. The van der Waals surface area contributed by atoms with Gasteiger partial charge in [-0.25, -0.2) is 0 Å². The Labute approximate surface area is 76.9 Å². The van der Waals surface area contributed by atoms with Crippen LogP contribution in [-0.2, 0) is 6.54 Å². The molecule has 72 valence electrons. The van der Waals surface area contributed by atoms with Crippen molar-refractivity contribution in [1.29, 1.82) is 0 Å². The van der Waals surface area contributed by atoms with E-state index < -0.39 is 0 Å². The lowest BCUT2D eigenvalue weighted by atomic mass is 10.3. The Hall–Kier alpha value is -1.16. The van der Waals surface area contributed by atoms with E-state index in [4.69, 9.17) is 5.11 Å². The first kappa shape index (κ1) is 9.92. The van der Waals surface area contributed by atoms with E-state index in [2.05, 4.69) is 4.98 Å². The molecule has 13 heavy (non-hydrogen) atoms. The van der Waals surface area contributed by atoms with Crippen molar-refractivity contribution in [2.45, 2.75) is 26.3 Å². The normalized spacial score (nSPS) is 10.3. The van der Waals surface area contributed by atoms with Crippen molar-refractivity contribution in [3.05, 3.63) is 28.4 Å². The average Bonchev–Trinajstić information content (AvgIpc) is 2.13. The summed E-state index contributed by atoms with van der Waals surface area (Å²) in [4.78, 5) is 15.3. The molecule has 0 saturated carbocycles. The van der Waals surface area contributed by atoms with Gasteiger partial charge < -0.3 is 9.67 Å². The molecule has 0 spiro atoms. The summed E-state index contributed by atoms with van der Waals surface area (Å²) in [5.74, 6) is 0. The summed E-state index contributed by atoms with van der Waals surface area (Å²) in [7, 11) is 0. The van der Waals surface area contributed by atoms with Crippen molar-refractivity contribution in [2.24, 2.45) is 0 Å². The number of unbranched alkanes of at least 4 members (excludes halogenated alkanes) is 1. The predicted octanol–water partition coefficient (Wildman–Crippen LogP) is 0.324. The number of aliphatic hydroxyl groups is 1. The van der Waals surface area contributed by atoms with Crippen molar-refractivity contribution in [2.75, 3.05) is 6.61 Å². The molecule has 1 aromatic heterocycles. The summed E-state index contributed by atoms with van der Waals surface area (Å²) in [6, 6.07) is 0. The quantitative estimate of drug-likeness (QED) is 0.682. The van der Waals surface area contributed by atoms with Crippen LogP contribution in [0.4, 0.5) is 0 Å². The van der Waals surface area contributed by atoms with Crippen LogP contribution >= 0.6 is 0 Å². The fourth-order valence-electron chi connectivity index (χ4n) is 1.13. The van der Waals surface area contributed by atoms with Gasteiger partial charge in [-0.1, -0.05) is 0 Å². The maximum absolute atomic E-state index is 11.4. The lowest BCUT2D eigenvalue weighted by Gasteiger charge is -2.04. The Morgan fingerprint density at radius 3 is 3.00 bits per heavy atom. The summed E-state index contributed by atoms with van der Waals surface area (Å²) in [5.41, 5.74) is 0.479. The van der Waals surface area contributed by atoms with Gasteiger partial charge in [0.05, 0.1) is 0 Å². The molecule has 1 rings (SSSR count). The number of nitrogens with zero attached hydrogens (tertiary/aromatic N) is 2. The molecule has 4 heteroatoms. The molecule has 1 aromatic rings. The summed E-state index contributed by atoms with van der Waals surface area (Å²) in [5, 5.41) is 8.57. The first-order chi connectivity index (χ1) is 6.25. The Balaban J connectivity index is 2.67. The van der Waals surface area contributed by atoms with Gasteiger partial charge in [-0.2, -0.15) is 0 Å². The van der Waals surface area contributed by atoms with Gasteiger partial charge in [0.25, 0.3) is 5.56 Å². The number of hydrogen-bond donors (Lipinski definition) is 1. The minimum Gasteiger partial charge on any atom is -0.396 e. The Morgan fingerprint density at radius 1 is 1.54 bits per heavy atom. The molecule has 0 aliphatic rings. The largest absolute Gasteiger partial charge is 0.396 e. The van der Waals surface area contributed by atoms with Gasteiger partial charge in [-0.3, -0.25) is 9.78 Å². The molecule has 0 aliphatic heterocycles. The highest BCUT2D eigenvalue weighted by atomic mass is 16.2. The SMILES string of the molecule is Cc1nccn(CCCCO)c1=O. The molecule has 0 radical (unpaired) electrons. The molecule has 0 saturated heterocycles. The molecule has 1 N–H and O–H groups in total. The molecular weight excluding hydrogens is 168 g/mol. The van der Waals surface area contributed by atoms with E-state index in [9.17, 15) is 4.79 Å². The van der Waals surface area contributed by atoms with Crippen molar-refractivity contribution in [3.63, 3.8) is 0 Å². The summed E-state index contributed by atoms with van der Waals surface area (Å²) in [6.07, 6.45) is 4.84. The zero-order valence-electron chi connectivity index (χ0n) is 7.73. The predicted molar refractivity (Wildman–Crippen MR) is 49.6 cm³/mol. The number of aryl methyl sites for hydroxylation is 2. The maximum atomic E-state index is 11.4. The third kappa shape index (κ3) is 2.66. The first-order valence-electron chi connectivity index (χ1n) is 4.38. The molecule has 0 atom stereocenters. The van der Waals surface area contributed by atoms with Crippen LogP contribution in [0.3, 0.4) is 0 Å². The summed E-state index contributed by atoms with van der Waals surface area (Å²) >= 11 is 0. The number of aliphatic hydroxyl groups excluding tert-OH is 1. The van der Waals surface area contributed by atoms with Crippen LogP contribution in [0.5, 0.6) is 0 Å². The van der Waals surface area contributed by atoms with E-state index in [1.807, 2.05) is 0 Å². The van der Waals surface area contributed by atoms with Gasteiger partial charge >= 0.3 is 0 Å². The summed E-state index contributed by atoms with van der Waals surface area (Å²) in [6.45, 7) is 2.53. The van der Waals surface area contributed by atoms with E-state index in [0.717, 1.165) is 12.8 Å². The minimum absolute atomic E-state index is 0.0413. The first-order valence-corrected chi connectivity index (χ1v) is 4.38. The number of aromatic nitrogens is 2. The fraction of sp³-hybridized carbons (Fsp3) is 0.556. The van der Waals surface area contributed by atoms with E-state index in [1.54, 1.807) is 23.9 Å². The van der Waals surface area contributed by atoms with Crippen molar-refractivity contribution < 1.29 is 5.11 Å². The van der Waals surface area contributed by atoms with E-state index in [0.29, 0.717) is 12.2 Å². The molecular formula is C9H14N2O2. The molecule has 1 heterocycles. The third-order valence-electron chi connectivity index (χ3n) is 1.89. The Kier molecular flexibility index (Phi) is 3.64. The van der Waals surface area contributed by atoms with Crippen LogP contribution < -0.4 is 5.56 Å². The van der Waals surface area contributed by atoms with Crippen molar-refractivity contribution >= 4 is 0 Å². The molecule has 0 aromatic carbocycles. The zero-order valence-corrected chi connectivity index (χ0v) is 7.73. The van der Waals surface area contributed by atoms with Crippen LogP contribution in [0.2, 0.25) is 0 Å². The Bertz CT molecular complexity index is 320. The van der Waals surface area contributed by atoms with E-state index in [-0.39, 0.29) is 12.2 Å². The molecule has 0 unspecified atom stereocenters. The van der Waals surface area contributed by atoms with Crippen LogP contribution in [-0.4, -0.2) is 21.3 Å². The second-order valence-electron chi connectivity index (χ2n) is 2.94. The fourth-order valence-corrected chi connectivity index (χ4v) is 1.13. The van der Waals surface area contributed by atoms with Gasteiger partial charge in [-0.05, 0) is 19.8 Å². The second-order valence-corrected chi connectivity index (χ2v) is 2.94. The van der Waals surface area contributed by atoms with Crippen LogP contribution in [0.25, 0.3) is 0 Å². The van der Waals surface area contributed by atoms with Crippen LogP contribution in [0.1, 0.15) is 18.5 Å². The molecule has 0 fully saturated rings. The van der Waals surface area contributed by atoms with Gasteiger partial charge in [0.1, 0.15) is 5.69 Å². The maximum Gasteiger partial charge on any atom is 0.271 e. The lowest BCUT2D eigenvalue weighted by Crippen LogP contribution is -2.22. The monoisotopic (exact) mass is 182 g/mol. The Morgan fingerprint density at radius 2 is 2.31 bits per heavy atom. The van der Waals surface area contributed by atoms with Gasteiger partial charge in [0, 0.05) is 25.5 Å². The topological polar surface area (TPSA) is 55.1 Å². The summed E-state index contributed by atoms with van der Waals surface area (Å²) < 4.78 is 1.62. The highest BCUT2D eigenvalue weighted by Crippen LogP contribution is 1.91. The molecule has 0 aliphatic carbocycles. The molecule has 0 amide bonds. The van der Waals surface area contributed by atoms with Crippen molar-refractivity contribution in [3.8, 4) is 0 Å². The van der Waals surface area contributed by atoms with Crippen LogP contribution in [0, 0.1) is 6.92 Å². The van der Waals surface area contributed by atoms with Gasteiger partial charge in [-0.15, -0.1) is 0 Å². The lowest BCUT2D eigenvalue weighted by molar-refractivity contribution is 0.281. The highest BCUT2D eigenvalue weighted by molar-refractivity contribution is 4.94. The van der Waals surface area contributed by atoms with E-state index >= 15 is 0 Å². The third-order valence-corrected chi connectivity index (χ3v) is 1.89. The van der Waals surface area contributed by atoms with Crippen LogP contribution in [0.15, 0.2) is 17.2 Å². The molecule has 0 bridgehead atoms. The van der Waals surface area contributed by atoms with E-state index in [1.165, 1.54) is 0 Å². The highest BCUT2D eigenvalue weighted by Gasteiger charge is 1.98. The van der Waals surface area contributed by atoms with Gasteiger partial charge in [0.15, 0.2) is 0 Å². The number of rotatable bonds is 4. The zero-order chi connectivity index (χ0) is 9.68. The smallest absolute Gasteiger partial charge is 0.271 e. The minimum atomic E-state index is -0.0413. The molecule has 4 nitrogen and oxygen atoms in total. The van der Waals surface area contributed by atoms with Crippen molar-refractivity contribution in [1.82, 2.24) is 9.55 Å².